The first-order valence-electron chi connectivity index (χ1n) is 11.5. The number of ether oxygens (including phenoxy) is 1. The molecule has 184 valence electrons. The van der Waals surface area contributed by atoms with Crippen LogP contribution in [0, 0.1) is 5.82 Å². The van der Waals surface area contributed by atoms with Crippen molar-refractivity contribution >= 4 is 18.1 Å². The number of rotatable bonds is 5. The van der Waals surface area contributed by atoms with Crippen LogP contribution in [0.5, 0.6) is 5.75 Å². The van der Waals surface area contributed by atoms with E-state index < -0.39 is 23.4 Å². The molecular weight excluding hydrogens is 442 g/mol. The van der Waals surface area contributed by atoms with Crippen molar-refractivity contribution < 1.29 is 28.2 Å². The highest BCUT2D eigenvalue weighted by molar-refractivity contribution is 6.00. The third-order valence-electron chi connectivity index (χ3n) is 6.41. The fraction of sp³-hybridized carbons (Fsp3) is 0.462. The van der Waals surface area contributed by atoms with E-state index in [4.69, 9.17) is 14.6 Å². The van der Waals surface area contributed by atoms with E-state index in [1.807, 2.05) is 26.0 Å². The zero-order valence-corrected chi connectivity index (χ0v) is 19.8. The zero-order chi connectivity index (χ0) is 24.9. The molecule has 1 amide bonds. The molecule has 0 saturated carbocycles. The van der Waals surface area contributed by atoms with E-state index in [9.17, 15) is 13.6 Å². The highest BCUT2D eigenvalue weighted by Crippen LogP contribution is 2.45. The minimum absolute atomic E-state index is 0.117. The molecule has 0 aliphatic carbocycles. The van der Waals surface area contributed by atoms with Gasteiger partial charge in [0, 0.05) is 31.2 Å². The van der Waals surface area contributed by atoms with Crippen molar-refractivity contribution in [2.45, 2.75) is 70.4 Å². The van der Waals surface area contributed by atoms with Gasteiger partial charge in [-0.3, -0.25) is 14.5 Å². The second kappa shape index (κ2) is 11.0. The number of carbonyl (C=O) groups excluding carboxylic acids is 1. The molecule has 1 unspecified atom stereocenters. The smallest absolute Gasteiger partial charge is 0.290 e. The number of nitrogens with zero attached hydrogens (tertiary/aromatic N) is 2. The number of carbonyl (C=O) groups is 2. The van der Waals surface area contributed by atoms with E-state index in [0.717, 1.165) is 24.4 Å². The molecule has 2 fully saturated rings. The third-order valence-corrected chi connectivity index (χ3v) is 6.41. The Morgan fingerprint density at radius 1 is 1.21 bits per heavy atom. The first kappa shape index (κ1) is 25.6. The molecular formula is C26H32F2N2O4. The molecule has 0 radical (unpaired) electrons. The summed E-state index contributed by atoms with van der Waals surface area (Å²) in [4.78, 5) is 25.0. The molecule has 3 atom stereocenters. The van der Waals surface area contributed by atoms with Crippen LogP contribution in [0.2, 0.25) is 0 Å². The van der Waals surface area contributed by atoms with Gasteiger partial charge >= 0.3 is 0 Å². The van der Waals surface area contributed by atoms with E-state index in [1.165, 1.54) is 17.0 Å². The van der Waals surface area contributed by atoms with Gasteiger partial charge in [0.2, 0.25) is 0 Å². The van der Waals surface area contributed by atoms with Crippen molar-refractivity contribution in [3.8, 4) is 5.75 Å². The number of benzene rings is 2. The minimum Gasteiger partial charge on any atom is -0.491 e. The van der Waals surface area contributed by atoms with Crippen molar-refractivity contribution in [2.75, 3.05) is 11.4 Å². The van der Waals surface area contributed by atoms with Crippen LogP contribution in [0.15, 0.2) is 48.5 Å². The summed E-state index contributed by atoms with van der Waals surface area (Å²) in [5, 5.41) is 6.89. The Morgan fingerprint density at radius 3 is 2.56 bits per heavy atom. The number of halogens is 2. The van der Waals surface area contributed by atoms with Crippen molar-refractivity contribution in [1.29, 1.82) is 0 Å². The average Bonchev–Trinajstić information content (AvgIpc) is 3.00. The second-order valence-electron chi connectivity index (χ2n) is 9.24. The zero-order valence-electron chi connectivity index (χ0n) is 19.8. The number of hydrogen-bond donors (Lipinski definition) is 1. The third kappa shape index (κ3) is 5.73. The second-order valence-corrected chi connectivity index (χ2v) is 9.24. The van der Waals surface area contributed by atoms with E-state index in [0.29, 0.717) is 18.5 Å². The topological polar surface area (TPSA) is 70.1 Å². The van der Waals surface area contributed by atoms with E-state index in [1.54, 1.807) is 12.1 Å². The largest absolute Gasteiger partial charge is 0.491 e. The van der Waals surface area contributed by atoms with Crippen LogP contribution in [0.3, 0.4) is 0 Å². The van der Waals surface area contributed by atoms with Gasteiger partial charge in [-0.1, -0.05) is 18.2 Å². The first-order chi connectivity index (χ1) is 16.2. The lowest BCUT2D eigenvalue weighted by Crippen LogP contribution is -2.56. The molecule has 2 aromatic rings. The van der Waals surface area contributed by atoms with Crippen LogP contribution >= 0.6 is 0 Å². The SMILES string of the molecule is CC(C)Oc1cccc(CN2CC[C@@]3(CC(F)C(=O)N3c3cccc(F)c3)C[C@H]2C)c1.O=CO. The fourth-order valence-corrected chi connectivity index (χ4v) is 5.10. The lowest BCUT2D eigenvalue weighted by Gasteiger charge is -2.48. The van der Waals surface area contributed by atoms with Gasteiger partial charge in [-0.2, -0.15) is 0 Å². The molecule has 2 aliphatic heterocycles. The van der Waals surface area contributed by atoms with Crippen LogP contribution in [0.1, 0.15) is 45.6 Å². The molecule has 0 bridgehead atoms. The van der Waals surface area contributed by atoms with Crippen LogP contribution in [0.4, 0.5) is 14.5 Å². The standard InChI is InChI=1S/C25H30F2N2O2.CH2O2/c1-17(2)31-22-9-4-6-19(12-22)16-28-11-10-25(14-18(28)3)15-23(27)24(30)29(25)21-8-5-7-20(26)13-21;2-1-3/h4-9,12-13,17-18,23H,10-11,14-16H2,1-3H3;1H,(H,2,3)/t18-,23?,25+;/m1./s1. The molecule has 6 nitrogen and oxygen atoms in total. The molecule has 34 heavy (non-hydrogen) atoms. The van der Waals surface area contributed by atoms with E-state index >= 15 is 0 Å². The Kier molecular flexibility index (Phi) is 8.25. The Hall–Kier alpha value is -3.00. The van der Waals surface area contributed by atoms with Gasteiger partial charge in [0.25, 0.3) is 12.4 Å². The summed E-state index contributed by atoms with van der Waals surface area (Å²) in [6.45, 7) is 7.38. The van der Waals surface area contributed by atoms with Gasteiger partial charge in [-0.25, -0.2) is 8.78 Å². The van der Waals surface area contributed by atoms with Gasteiger partial charge in [0.15, 0.2) is 6.17 Å². The minimum atomic E-state index is -1.54. The Balaban J connectivity index is 0.00000103. The molecule has 4 rings (SSSR count). The van der Waals surface area contributed by atoms with E-state index in [2.05, 4.69) is 24.0 Å². The molecule has 0 aromatic heterocycles. The maximum atomic E-state index is 14.6. The summed E-state index contributed by atoms with van der Waals surface area (Å²) < 4.78 is 34.2. The number of anilines is 1. The summed E-state index contributed by atoms with van der Waals surface area (Å²) >= 11 is 0. The number of alkyl halides is 1. The number of likely N-dealkylation sites (tertiary alicyclic amines) is 1. The Bertz CT molecular complexity index is 1000. The number of piperidine rings is 1. The normalized spacial score (nSPS) is 24.8. The molecule has 1 N–H and O–H groups in total. The van der Waals surface area contributed by atoms with Crippen LogP contribution in [-0.4, -0.2) is 52.8 Å². The maximum Gasteiger partial charge on any atom is 0.290 e. The number of hydrogen-bond acceptors (Lipinski definition) is 4. The summed E-state index contributed by atoms with van der Waals surface area (Å²) in [6.07, 6.45) is 0.0523. The van der Waals surface area contributed by atoms with Crippen LogP contribution < -0.4 is 9.64 Å². The molecule has 1 spiro atoms. The quantitative estimate of drug-likeness (QED) is 0.630. The molecule has 2 heterocycles. The van der Waals surface area contributed by atoms with Gasteiger partial charge in [-0.15, -0.1) is 0 Å². The average molecular weight is 475 g/mol. The molecule has 2 aromatic carbocycles. The lowest BCUT2D eigenvalue weighted by molar-refractivity contribution is -0.123. The molecule has 2 aliphatic rings. The van der Waals surface area contributed by atoms with Gasteiger partial charge in [-0.05, 0) is 69.5 Å². The summed E-state index contributed by atoms with van der Waals surface area (Å²) in [5.74, 6) is -0.117. The molecule has 2 saturated heterocycles. The highest BCUT2D eigenvalue weighted by atomic mass is 19.1. The summed E-state index contributed by atoms with van der Waals surface area (Å²) in [5.41, 5.74) is 1.00. The fourth-order valence-electron chi connectivity index (χ4n) is 5.10. The predicted molar refractivity (Wildman–Crippen MR) is 126 cm³/mol. The Labute approximate surface area is 199 Å². The predicted octanol–water partition coefficient (Wildman–Crippen LogP) is 4.81. The monoisotopic (exact) mass is 474 g/mol. The van der Waals surface area contributed by atoms with Gasteiger partial charge in [0.05, 0.1) is 11.6 Å². The van der Waals surface area contributed by atoms with Crippen molar-refractivity contribution in [1.82, 2.24) is 4.90 Å². The highest BCUT2D eigenvalue weighted by Gasteiger charge is 2.54. The maximum absolute atomic E-state index is 14.6. The molecule has 8 heteroatoms. The van der Waals surface area contributed by atoms with Crippen LogP contribution in [0.25, 0.3) is 0 Å². The lowest BCUT2D eigenvalue weighted by atomic mass is 9.80. The summed E-state index contributed by atoms with van der Waals surface area (Å²) in [6, 6.07) is 14.2. The van der Waals surface area contributed by atoms with Crippen LogP contribution in [-0.2, 0) is 16.1 Å². The number of amides is 1. The van der Waals surface area contributed by atoms with E-state index in [-0.39, 0.29) is 25.0 Å². The first-order valence-corrected chi connectivity index (χ1v) is 11.5. The summed E-state index contributed by atoms with van der Waals surface area (Å²) in [7, 11) is 0. The number of carboxylic acid groups (broad SMARTS) is 1. The van der Waals surface area contributed by atoms with Crippen molar-refractivity contribution in [3.05, 3.63) is 59.9 Å². The van der Waals surface area contributed by atoms with Gasteiger partial charge < -0.3 is 14.7 Å². The van der Waals surface area contributed by atoms with Gasteiger partial charge in [0.1, 0.15) is 11.6 Å². The van der Waals surface area contributed by atoms with Crippen molar-refractivity contribution in [3.63, 3.8) is 0 Å². The van der Waals surface area contributed by atoms with Crippen molar-refractivity contribution in [2.24, 2.45) is 0 Å². The Morgan fingerprint density at radius 2 is 1.91 bits per heavy atom.